The van der Waals surface area contributed by atoms with Crippen LogP contribution in [0.2, 0.25) is 0 Å². The van der Waals surface area contributed by atoms with E-state index in [1.807, 2.05) is 47.4 Å². The van der Waals surface area contributed by atoms with E-state index < -0.39 is 0 Å². The third kappa shape index (κ3) is 5.25. The van der Waals surface area contributed by atoms with E-state index in [1.165, 1.54) is 0 Å². The Morgan fingerprint density at radius 3 is 2.43 bits per heavy atom. The van der Waals surface area contributed by atoms with Crippen molar-refractivity contribution in [1.29, 1.82) is 0 Å². The van der Waals surface area contributed by atoms with Crippen LogP contribution in [-0.2, 0) is 4.79 Å². The lowest BCUT2D eigenvalue weighted by Gasteiger charge is -2.32. The highest BCUT2D eigenvalue weighted by molar-refractivity contribution is 5.97. The van der Waals surface area contributed by atoms with Gasteiger partial charge in [-0.15, -0.1) is 0 Å². The van der Waals surface area contributed by atoms with E-state index >= 15 is 0 Å². The van der Waals surface area contributed by atoms with Crippen molar-refractivity contribution in [2.45, 2.75) is 25.3 Å². The SMILES string of the molecule is COc1ccccc1C(=O)NC1CCN(C(=O)CCOc2ccccc2)CC1. The van der Waals surface area contributed by atoms with Gasteiger partial charge in [-0.05, 0) is 37.1 Å². The summed E-state index contributed by atoms with van der Waals surface area (Å²) < 4.78 is 10.8. The van der Waals surface area contributed by atoms with Gasteiger partial charge in [-0.1, -0.05) is 30.3 Å². The van der Waals surface area contributed by atoms with Crippen LogP contribution in [0.25, 0.3) is 0 Å². The summed E-state index contributed by atoms with van der Waals surface area (Å²) in [5, 5.41) is 3.05. The average Bonchev–Trinajstić information content (AvgIpc) is 2.75. The predicted molar refractivity (Wildman–Crippen MR) is 107 cm³/mol. The highest BCUT2D eigenvalue weighted by Gasteiger charge is 2.24. The minimum absolute atomic E-state index is 0.0574. The van der Waals surface area contributed by atoms with Crippen LogP contribution in [-0.4, -0.2) is 49.6 Å². The molecule has 1 heterocycles. The number of rotatable bonds is 7. The van der Waals surface area contributed by atoms with Gasteiger partial charge in [0.25, 0.3) is 5.91 Å². The maximum Gasteiger partial charge on any atom is 0.255 e. The number of amides is 2. The molecule has 0 aliphatic carbocycles. The Morgan fingerprint density at radius 2 is 1.71 bits per heavy atom. The van der Waals surface area contributed by atoms with E-state index in [9.17, 15) is 9.59 Å². The first-order valence-electron chi connectivity index (χ1n) is 9.57. The monoisotopic (exact) mass is 382 g/mol. The average molecular weight is 382 g/mol. The zero-order valence-electron chi connectivity index (χ0n) is 16.1. The van der Waals surface area contributed by atoms with Crippen LogP contribution in [0.15, 0.2) is 54.6 Å². The zero-order valence-corrected chi connectivity index (χ0v) is 16.1. The summed E-state index contributed by atoms with van der Waals surface area (Å²) in [5.41, 5.74) is 0.529. The predicted octanol–water partition coefficient (Wildman–Crippen LogP) is 2.89. The molecule has 6 nitrogen and oxygen atoms in total. The lowest BCUT2D eigenvalue weighted by molar-refractivity contribution is -0.132. The quantitative estimate of drug-likeness (QED) is 0.800. The molecule has 1 saturated heterocycles. The van der Waals surface area contributed by atoms with Crippen molar-refractivity contribution >= 4 is 11.8 Å². The van der Waals surface area contributed by atoms with Crippen molar-refractivity contribution in [3.05, 3.63) is 60.2 Å². The summed E-state index contributed by atoms with van der Waals surface area (Å²) in [7, 11) is 1.55. The third-order valence-corrected chi connectivity index (χ3v) is 4.86. The molecule has 2 aromatic carbocycles. The number of carbonyl (C=O) groups is 2. The van der Waals surface area contributed by atoms with Crippen molar-refractivity contribution in [2.75, 3.05) is 26.8 Å². The van der Waals surface area contributed by atoms with E-state index in [4.69, 9.17) is 9.47 Å². The van der Waals surface area contributed by atoms with Crippen molar-refractivity contribution in [3.8, 4) is 11.5 Å². The molecule has 0 spiro atoms. The van der Waals surface area contributed by atoms with Crippen LogP contribution >= 0.6 is 0 Å². The van der Waals surface area contributed by atoms with Gasteiger partial charge in [0.2, 0.25) is 5.91 Å². The molecule has 2 aromatic rings. The molecule has 0 saturated carbocycles. The summed E-state index contributed by atoms with van der Waals surface area (Å²) in [6.07, 6.45) is 1.84. The molecular weight excluding hydrogens is 356 g/mol. The van der Waals surface area contributed by atoms with Gasteiger partial charge < -0.3 is 19.7 Å². The Labute approximate surface area is 165 Å². The van der Waals surface area contributed by atoms with E-state index in [1.54, 1.807) is 19.2 Å². The second kappa shape index (κ2) is 9.78. The molecule has 3 rings (SSSR count). The van der Waals surface area contributed by atoms with Crippen LogP contribution in [0, 0.1) is 0 Å². The summed E-state index contributed by atoms with van der Waals surface area (Å²) in [5.74, 6) is 1.28. The van der Waals surface area contributed by atoms with E-state index in [0.29, 0.717) is 37.4 Å². The number of carbonyl (C=O) groups excluding carboxylic acids is 2. The minimum Gasteiger partial charge on any atom is -0.496 e. The molecular formula is C22H26N2O4. The summed E-state index contributed by atoms with van der Waals surface area (Å²) in [6, 6.07) is 16.7. The van der Waals surface area contributed by atoms with Crippen molar-refractivity contribution < 1.29 is 19.1 Å². The molecule has 1 aliphatic rings. The standard InChI is InChI=1S/C22H26N2O4/c1-27-20-10-6-5-9-19(20)22(26)23-17-11-14-24(15-12-17)21(25)13-16-28-18-7-3-2-4-8-18/h2-10,17H,11-16H2,1H3,(H,23,26). The lowest BCUT2D eigenvalue weighted by atomic mass is 10.0. The fourth-order valence-electron chi connectivity index (χ4n) is 3.30. The maximum absolute atomic E-state index is 12.5. The Bertz CT molecular complexity index is 786. The summed E-state index contributed by atoms with van der Waals surface area (Å²) in [4.78, 5) is 26.7. The fourth-order valence-corrected chi connectivity index (χ4v) is 3.30. The van der Waals surface area contributed by atoms with Crippen molar-refractivity contribution in [3.63, 3.8) is 0 Å². The topological polar surface area (TPSA) is 67.9 Å². The van der Waals surface area contributed by atoms with E-state index in [-0.39, 0.29) is 17.9 Å². The number of ether oxygens (including phenoxy) is 2. The van der Waals surface area contributed by atoms with E-state index in [2.05, 4.69) is 5.32 Å². The first kappa shape index (κ1) is 19.7. The Morgan fingerprint density at radius 1 is 1.04 bits per heavy atom. The van der Waals surface area contributed by atoms with Gasteiger partial charge in [-0.3, -0.25) is 9.59 Å². The molecule has 6 heteroatoms. The Hall–Kier alpha value is -3.02. The summed E-state index contributed by atoms with van der Waals surface area (Å²) >= 11 is 0. The Balaban J connectivity index is 1.41. The number of para-hydroxylation sites is 2. The number of hydrogen-bond donors (Lipinski definition) is 1. The molecule has 0 atom stereocenters. The maximum atomic E-state index is 12.5. The second-order valence-corrected chi connectivity index (χ2v) is 6.74. The smallest absolute Gasteiger partial charge is 0.255 e. The van der Waals surface area contributed by atoms with Gasteiger partial charge >= 0.3 is 0 Å². The highest BCUT2D eigenvalue weighted by Crippen LogP contribution is 2.19. The first-order valence-corrected chi connectivity index (χ1v) is 9.57. The second-order valence-electron chi connectivity index (χ2n) is 6.74. The van der Waals surface area contributed by atoms with E-state index in [0.717, 1.165) is 18.6 Å². The van der Waals surface area contributed by atoms with Gasteiger partial charge in [-0.25, -0.2) is 0 Å². The zero-order chi connectivity index (χ0) is 19.8. The number of methoxy groups -OCH3 is 1. The minimum atomic E-state index is -0.140. The number of likely N-dealkylation sites (tertiary alicyclic amines) is 1. The molecule has 1 aliphatic heterocycles. The number of nitrogens with zero attached hydrogens (tertiary/aromatic N) is 1. The Kier molecular flexibility index (Phi) is 6.89. The molecule has 148 valence electrons. The van der Waals surface area contributed by atoms with Gasteiger partial charge in [-0.2, -0.15) is 0 Å². The van der Waals surface area contributed by atoms with Crippen LogP contribution < -0.4 is 14.8 Å². The van der Waals surface area contributed by atoms with Crippen LogP contribution in [0.4, 0.5) is 0 Å². The normalized spacial score (nSPS) is 14.4. The lowest BCUT2D eigenvalue weighted by Crippen LogP contribution is -2.46. The number of benzene rings is 2. The van der Waals surface area contributed by atoms with Gasteiger partial charge in [0.15, 0.2) is 0 Å². The van der Waals surface area contributed by atoms with Crippen molar-refractivity contribution in [2.24, 2.45) is 0 Å². The van der Waals surface area contributed by atoms with Crippen molar-refractivity contribution in [1.82, 2.24) is 10.2 Å². The van der Waals surface area contributed by atoms with Gasteiger partial charge in [0, 0.05) is 19.1 Å². The molecule has 0 unspecified atom stereocenters. The third-order valence-electron chi connectivity index (χ3n) is 4.86. The summed E-state index contributed by atoms with van der Waals surface area (Å²) in [6.45, 7) is 1.65. The van der Waals surface area contributed by atoms with Gasteiger partial charge in [0.1, 0.15) is 11.5 Å². The largest absolute Gasteiger partial charge is 0.496 e. The van der Waals surface area contributed by atoms with Crippen LogP contribution in [0.5, 0.6) is 11.5 Å². The highest BCUT2D eigenvalue weighted by atomic mass is 16.5. The van der Waals surface area contributed by atoms with Crippen LogP contribution in [0.3, 0.4) is 0 Å². The molecule has 1 fully saturated rings. The number of piperidine rings is 1. The molecule has 28 heavy (non-hydrogen) atoms. The first-order chi connectivity index (χ1) is 13.7. The molecule has 2 amide bonds. The molecule has 0 radical (unpaired) electrons. The molecule has 0 bridgehead atoms. The molecule has 1 N–H and O–H groups in total. The number of hydrogen-bond acceptors (Lipinski definition) is 4. The number of nitrogens with one attached hydrogen (secondary N) is 1. The van der Waals surface area contributed by atoms with Gasteiger partial charge in [0.05, 0.1) is 25.7 Å². The van der Waals surface area contributed by atoms with Crippen LogP contribution in [0.1, 0.15) is 29.6 Å². The fraction of sp³-hybridized carbons (Fsp3) is 0.364. The molecule has 0 aromatic heterocycles.